The minimum absolute atomic E-state index is 0.0665. The van der Waals surface area contributed by atoms with E-state index in [0.717, 1.165) is 25.7 Å². The first-order chi connectivity index (χ1) is 21.6. The van der Waals surface area contributed by atoms with Crippen LogP contribution in [-0.2, 0) is 27.9 Å². The predicted molar refractivity (Wildman–Crippen MR) is 192 cm³/mol. The molecule has 1 fully saturated rings. The van der Waals surface area contributed by atoms with Gasteiger partial charge in [0, 0.05) is 19.8 Å². The molecule has 0 unspecified atom stereocenters. The highest BCUT2D eigenvalue weighted by molar-refractivity contribution is 6.99. The van der Waals surface area contributed by atoms with Gasteiger partial charge in [-0.1, -0.05) is 108 Å². The molecule has 1 aliphatic rings. The quantitative estimate of drug-likeness (QED) is 0.105. The lowest BCUT2D eigenvalue weighted by Gasteiger charge is -2.45. The Hall–Kier alpha value is -2.26. The molecule has 1 saturated heterocycles. The monoisotopic (exact) mass is 666 g/mol. The van der Waals surface area contributed by atoms with E-state index in [1.165, 1.54) is 17.3 Å². The van der Waals surface area contributed by atoms with Crippen molar-refractivity contribution in [3.63, 3.8) is 0 Å². The average molecular weight is 667 g/mol. The zero-order chi connectivity index (χ0) is 34.1. The van der Waals surface area contributed by atoms with Crippen LogP contribution in [0.25, 0.3) is 0 Å². The van der Waals surface area contributed by atoms with Crippen molar-refractivity contribution in [3.05, 3.63) is 60.7 Å². The molecule has 8 heteroatoms. The molecule has 254 valence electrons. The highest BCUT2D eigenvalue weighted by atomic mass is 28.4. The van der Waals surface area contributed by atoms with E-state index < -0.39 is 28.5 Å². The van der Waals surface area contributed by atoms with Crippen molar-refractivity contribution in [1.82, 2.24) is 0 Å². The summed E-state index contributed by atoms with van der Waals surface area (Å²) in [5.74, 6) is 1.56. The molecule has 0 radical (unpaired) electrons. The SMILES string of the molecule is C#C[C@H](CCCC1(CCC[C@@H](CO[Si](c2ccccc2)(c2ccccc2)C(C)(C)C)O[Si](C)(C)C(C)(C)C)OCCO1)OC(C)=O. The topological polar surface area (TPSA) is 63.2 Å². The highest BCUT2D eigenvalue weighted by Crippen LogP contribution is 2.40. The molecule has 0 spiro atoms. The molecule has 0 saturated carbocycles. The summed E-state index contributed by atoms with van der Waals surface area (Å²) >= 11 is 0. The van der Waals surface area contributed by atoms with Crippen molar-refractivity contribution in [2.24, 2.45) is 0 Å². The Labute approximate surface area is 281 Å². The molecule has 1 heterocycles. The standard InChI is InChI=1S/C38H58O6Si2/c1-11-32(43-31(2)39)20-18-26-38(40-28-29-41-38)27-19-21-33(44-45(9,10)36(3,4)5)30-42-46(37(6,7)8,34-22-14-12-15-23-34)35-24-16-13-17-25-35/h1,12-17,22-25,32-33H,18-21,26-30H2,2-10H3/t32-,33+/m1/s1. The molecule has 3 rings (SSSR count). The lowest BCUT2D eigenvalue weighted by Crippen LogP contribution is -2.67. The summed E-state index contributed by atoms with van der Waals surface area (Å²) in [5.41, 5.74) is 0. The summed E-state index contributed by atoms with van der Waals surface area (Å²) in [7, 11) is -4.83. The average Bonchev–Trinajstić information content (AvgIpc) is 3.45. The van der Waals surface area contributed by atoms with Crippen LogP contribution in [0.4, 0.5) is 0 Å². The fourth-order valence-corrected chi connectivity index (χ4v) is 12.2. The largest absolute Gasteiger partial charge is 0.449 e. The first-order valence-electron chi connectivity index (χ1n) is 16.9. The fraction of sp³-hybridized carbons (Fsp3) is 0.605. The van der Waals surface area contributed by atoms with Gasteiger partial charge in [-0.2, -0.15) is 0 Å². The third-order valence-corrected chi connectivity index (χ3v) is 19.1. The molecule has 2 aromatic rings. The Kier molecular flexibility index (Phi) is 13.5. The molecular formula is C38H58O6Si2. The molecular weight excluding hydrogens is 609 g/mol. The van der Waals surface area contributed by atoms with Gasteiger partial charge in [0.05, 0.1) is 25.9 Å². The van der Waals surface area contributed by atoms with Crippen molar-refractivity contribution in [1.29, 1.82) is 0 Å². The minimum Gasteiger partial charge on any atom is -0.449 e. The Bertz CT molecular complexity index is 1210. The van der Waals surface area contributed by atoms with Gasteiger partial charge in [0.1, 0.15) is 0 Å². The number of carbonyl (C=O) groups excluding carboxylic acids is 1. The van der Waals surface area contributed by atoms with E-state index in [0.29, 0.717) is 32.7 Å². The van der Waals surface area contributed by atoms with E-state index in [1.807, 2.05) is 0 Å². The number of benzene rings is 2. The van der Waals surface area contributed by atoms with Crippen LogP contribution in [0.15, 0.2) is 60.7 Å². The Balaban J connectivity index is 1.83. The van der Waals surface area contributed by atoms with Crippen LogP contribution in [0.1, 0.15) is 87.0 Å². The highest BCUT2D eigenvalue weighted by Gasteiger charge is 2.51. The van der Waals surface area contributed by atoms with E-state index in [2.05, 4.69) is 121 Å². The van der Waals surface area contributed by atoms with Crippen LogP contribution in [0.5, 0.6) is 0 Å². The van der Waals surface area contributed by atoms with Gasteiger partial charge < -0.3 is 23.1 Å². The molecule has 1 aliphatic heterocycles. The van der Waals surface area contributed by atoms with Crippen molar-refractivity contribution in [3.8, 4) is 12.3 Å². The van der Waals surface area contributed by atoms with E-state index in [4.69, 9.17) is 29.5 Å². The first-order valence-corrected chi connectivity index (χ1v) is 21.7. The van der Waals surface area contributed by atoms with Crippen LogP contribution in [0, 0.1) is 12.3 Å². The van der Waals surface area contributed by atoms with Crippen LogP contribution in [0.2, 0.25) is 23.2 Å². The second kappa shape index (κ2) is 16.2. The molecule has 0 aromatic heterocycles. The molecule has 0 N–H and O–H groups in total. The predicted octanol–water partition coefficient (Wildman–Crippen LogP) is 7.60. The molecule has 0 aliphatic carbocycles. The zero-order valence-electron chi connectivity index (χ0n) is 29.8. The summed E-state index contributed by atoms with van der Waals surface area (Å²) in [5, 5.41) is 2.49. The molecule has 6 nitrogen and oxygen atoms in total. The van der Waals surface area contributed by atoms with Gasteiger partial charge in [0.25, 0.3) is 8.32 Å². The number of rotatable bonds is 16. The zero-order valence-corrected chi connectivity index (χ0v) is 31.8. The van der Waals surface area contributed by atoms with Gasteiger partial charge in [-0.25, -0.2) is 0 Å². The van der Waals surface area contributed by atoms with Gasteiger partial charge in [-0.05, 0) is 59.2 Å². The maximum absolute atomic E-state index is 11.4. The lowest BCUT2D eigenvalue weighted by molar-refractivity contribution is -0.170. The number of hydrogen-bond acceptors (Lipinski definition) is 6. The Morgan fingerprint density at radius 1 is 0.870 bits per heavy atom. The van der Waals surface area contributed by atoms with Crippen LogP contribution < -0.4 is 10.4 Å². The van der Waals surface area contributed by atoms with Crippen molar-refractivity contribution in [2.45, 2.75) is 128 Å². The van der Waals surface area contributed by atoms with Crippen LogP contribution in [0.3, 0.4) is 0 Å². The Morgan fingerprint density at radius 3 is 1.80 bits per heavy atom. The van der Waals surface area contributed by atoms with Crippen molar-refractivity contribution >= 4 is 33.0 Å². The van der Waals surface area contributed by atoms with Crippen molar-refractivity contribution < 1.29 is 27.9 Å². The molecule has 2 atom stereocenters. The second-order valence-corrected chi connectivity index (χ2v) is 24.2. The van der Waals surface area contributed by atoms with Crippen LogP contribution in [-0.4, -0.2) is 60.4 Å². The summed E-state index contributed by atoms with van der Waals surface area (Å²) in [6.45, 7) is 21.5. The molecule has 2 aromatic carbocycles. The maximum atomic E-state index is 11.4. The number of terminal acetylenes is 1. The first kappa shape index (κ1) is 38.2. The number of carbonyl (C=O) groups is 1. The van der Waals surface area contributed by atoms with Gasteiger partial charge >= 0.3 is 5.97 Å². The Morgan fingerprint density at radius 2 is 1.37 bits per heavy atom. The van der Waals surface area contributed by atoms with Crippen molar-refractivity contribution in [2.75, 3.05) is 19.8 Å². The number of esters is 1. The molecule has 0 amide bonds. The van der Waals surface area contributed by atoms with Gasteiger partial charge in [-0.3, -0.25) is 4.79 Å². The van der Waals surface area contributed by atoms with Gasteiger partial charge in [-0.15, -0.1) is 6.42 Å². The van der Waals surface area contributed by atoms with E-state index in [9.17, 15) is 4.79 Å². The third-order valence-electron chi connectivity index (χ3n) is 9.59. The van der Waals surface area contributed by atoms with Gasteiger partial charge in [0.2, 0.25) is 0 Å². The molecule has 46 heavy (non-hydrogen) atoms. The fourth-order valence-electron chi connectivity index (χ4n) is 6.19. The normalized spacial score (nSPS) is 16.9. The third kappa shape index (κ3) is 9.88. The number of hydrogen-bond donors (Lipinski definition) is 0. The summed E-state index contributed by atoms with van der Waals surface area (Å²) in [6, 6.07) is 21.6. The van der Waals surface area contributed by atoms with Gasteiger partial charge in [0.15, 0.2) is 20.2 Å². The van der Waals surface area contributed by atoms with E-state index in [1.54, 1.807) is 0 Å². The summed E-state index contributed by atoms with van der Waals surface area (Å²) in [6.07, 6.45) is 9.45. The lowest BCUT2D eigenvalue weighted by atomic mass is 9.99. The van der Waals surface area contributed by atoms with E-state index >= 15 is 0 Å². The van der Waals surface area contributed by atoms with Crippen LogP contribution >= 0.6 is 0 Å². The minimum atomic E-state index is -2.72. The maximum Gasteiger partial charge on any atom is 0.303 e. The summed E-state index contributed by atoms with van der Waals surface area (Å²) < 4.78 is 32.2. The second-order valence-electron chi connectivity index (χ2n) is 15.1. The number of ether oxygens (including phenoxy) is 3. The van der Waals surface area contributed by atoms with E-state index in [-0.39, 0.29) is 22.1 Å². The molecule has 0 bridgehead atoms. The smallest absolute Gasteiger partial charge is 0.303 e. The summed E-state index contributed by atoms with van der Waals surface area (Å²) in [4.78, 5) is 11.4.